The van der Waals surface area contributed by atoms with Gasteiger partial charge >= 0.3 is 0 Å². The molecule has 2 heterocycles. The van der Waals surface area contributed by atoms with Crippen LogP contribution in [0.4, 0.5) is 0 Å². The molecule has 2 nitrogen and oxygen atoms in total. The monoisotopic (exact) mass is 548 g/mol. The fraction of sp³-hybridized carbons (Fsp3) is 0.0244. The molecule has 9 rings (SSSR count). The van der Waals surface area contributed by atoms with Crippen LogP contribution in [0.25, 0.3) is 76.5 Å². The van der Waals surface area contributed by atoms with Gasteiger partial charge < -0.3 is 9.88 Å². The van der Waals surface area contributed by atoms with E-state index in [2.05, 4.69) is 155 Å². The Bertz CT molecular complexity index is 2440. The molecule has 0 bridgehead atoms. The minimum Gasteiger partial charge on any atom is -0.387 e. The summed E-state index contributed by atoms with van der Waals surface area (Å²) in [6.45, 7) is 0.852. The number of benzene rings is 7. The number of para-hydroxylation sites is 1. The Morgan fingerprint density at radius 3 is 2.09 bits per heavy atom. The van der Waals surface area contributed by atoms with E-state index in [4.69, 9.17) is 0 Å². The highest BCUT2D eigenvalue weighted by molar-refractivity contribution is 6.20. The van der Waals surface area contributed by atoms with Crippen LogP contribution in [-0.2, 0) is 0 Å². The van der Waals surface area contributed by atoms with Crippen molar-refractivity contribution in [2.75, 3.05) is 6.54 Å². The van der Waals surface area contributed by atoms with Crippen LogP contribution in [0.15, 0.2) is 152 Å². The van der Waals surface area contributed by atoms with Gasteiger partial charge in [0.2, 0.25) is 0 Å². The Morgan fingerprint density at radius 2 is 1.23 bits per heavy atom. The van der Waals surface area contributed by atoms with E-state index in [0.29, 0.717) is 0 Å². The largest absolute Gasteiger partial charge is 0.387 e. The normalized spacial score (nSPS) is 13.3. The molecule has 202 valence electrons. The standard InChI is InChI=1S/C41H28N2/c1-2-9-32(10-3-1)43-40-26-28(27-20-22-42-23-21-27)14-18-37(40)38-19-16-30-24-31(15-17-34(30)41(38)43)39-25-29-8-4-5-11-33(29)35-12-6-7-13-36(35)39/h1-22,24-26,42H,23H2. The lowest BCUT2D eigenvalue weighted by Crippen LogP contribution is -2.08. The lowest BCUT2D eigenvalue weighted by molar-refractivity contribution is 0.976. The van der Waals surface area contributed by atoms with Crippen LogP contribution in [0.2, 0.25) is 0 Å². The molecule has 0 saturated carbocycles. The summed E-state index contributed by atoms with van der Waals surface area (Å²) >= 11 is 0. The molecule has 0 amide bonds. The lowest BCUT2D eigenvalue weighted by Gasteiger charge is -2.13. The Hall–Kier alpha value is -5.60. The number of nitrogens with zero attached hydrogens (tertiary/aromatic N) is 1. The minimum atomic E-state index is 0.852. The van der Waals surface area contributed by atoms with Crippen LogP contribution in [-0.4, -0.2) is 11.1 Å². The van der Waals surface area contributed by atoms with E-state index in [1.165, 1.54) is 82.1 Å². The molecule has 1 aliphatic heterocycles. The van der Waals surface area contributed by atoms with Gasteiger partial charge in [-0.05, 0) is 91.8 Å². The number of dihydropyridines is 1. The van der Waals surface area contributed by atoms with E-state index >= 15 is 0 Å². The van der Waals surface area contributed by atoms with E-state index in [1.807, 2.05) is 6.20 Å². The fourth-order valence-electron chi connectivity index (χ4n) is 6.99. The van der Waals surface area contributed by atoms with E-state index in [1.54, 1.807) is 0 Å². The van der Waals surface area contributed by atoms with Crippen LogP contribution < -0.4 is 5.32 Å². The van der Waals surface area contributed by atoms with Crippen LogP contribution >= 0.6 is 0 Å². The average Bonchev–Trinajstić information content (AvgIpc) is 3.42. The van der Waals surface area contributed by atoms with Crippen LogP contribution in [0.1, 0.15) is 5.56 Å². The van der Waals surface area contributed by atoms with Gasteiger partial charge in [-0.3, -0.25) is 0 Å². The Morgan fingerprint density at radius 1 is 0.512 bits per heavy atom. The Kier molecular flexibility index (Phi) is 5.30. The molecule has 0 saturated heterocycles. The van der Waals surface area contributed by atoms with Gasteiger partial charge in [0.25, 0.3) is 0 Å². The molecule has 7 aromatic carbocycles. The average molecular weight is 549 g/mol. The third kappa shape index (κ3) is 3.73. The first-order valence-corrected chi connectivity index (χ1v) is 14.9. The van der Waals surface area contributed by atoms with E-state index in [9.17, 15) is 0 Å². The number of hydrogen-bond donors (Lipinski definition) is 1. The molecule has 0 spiro atoms. The summed E-state index contributed by atoms with van der Waals surface area (Å²) in [7, 11) is 0. The van der Waals surface area contributed by atoms with E-state index < -0.39 is 0 Å². The van der Waals surface area contributed by atoms with Crippen molar-refractivity contribution in [2.45, 2.75) is 0 Å². The molecule has 1 N–H and O–H groups in total. The smallest absolute Gasteiger partial charge is 0.0619 e. The van der Waals surface area contributed by atoms with Crippen molar-refractivity contribution >= 4 is 59.7 Å². The van der Waals surface area contributed by atoms with Gasteiger partial charge in [-0.25, -0.2) is 0 Å². The summed E-state index contributed by atoms with van der Waals surface area (Å²) in [5, 5.41) is 13.5. The van der Waals surface area contributed by atoms with Crippen molar-refractivity contribution < 1.29 is 0 Å². The first kappa shape index (κ1) is 24.0. The zero-order valence-electron chi connectivity index (χ0n) is 23.6. The minimum absolute atomic E-state index is 0.852. The predicted molar refractivity (Wildman–Crippen MR) is 184 cm³/mol. The van der Waals surface area contributed by atoms with Gasteiger partial charge in [-0.15, -0.1) is 0 Å². The molecule has 0 fully saturated rings. The Balaban J connectivity index is 1.32. The van der Waals surface area contributed by atoms with Crippen molar-refractivity contribution in [3.63, 3.8) is 0 Å². The molecule has 2 heteroatoms. The van der Waals surface area contributed by atoms with E-state index in [0.717, 1.165) is 6.54 Å². The molecule has 0 unspecified atom stereocenters. The topological polar surface area (TPSA) is 17.0 Å². The van der Waals surface area contributed by atoms with Gasteiger partial charge in [0.15, 0.2) is 0 Å². The zero-order chi connectivity index (χ0) is 28.3. The quantitative estimate of drug-likeness (QED) is 0.217. The second-order valence-corrected chi connectivity index (χ2v) is 11.4. The second kappa shape index (κ2) is 9.47. The van der Waals surface area contributed by atoms with Gasteiger partial charge in [-0.1, -0.05) is 109 Å². The Labute approximate surface area is 249 Å². The van der Waals surface area contributed by atoms with Gasteiger partial charge in [0, 0.05) is 28.4 Å². The van der Waals surface area contributed by atoms with Crippen molar-refractivity contribution in [2.24, 2.45) is 0 Å². The number of aromatic nitrogens is 1. The van der Waals surface area contributed by atoms with Crippen molar-refractivity contribution in [1.82, 2.24) is 9.88 Å². The third-order valence-electron chi connectivity index (χ3n) is 8.99. The fourth-order valence-corrected chi connectivity index (χ4v) is 6.99. The summed E-state index contributed by atoms with van der Waals surface area (Å²) in [6.07, 6.45) is 6.45. The number of nitrogens with one attached hydrogen (secondary N) is 1. The van der Waals surface area contributed by atoms with Crippen LogP contribution in [0.3, 0.4) is 0 Å². The molecule has 0 aliphatic carbocycles. The molecule has 1 aromatic heterocycles. The van der Waals surface area contributed by atoms with Gasteiger partial charge in [-0.2, -0.15) is 0 Å². The van der Waals surface area contributed by atoms with Crippen molar-refractivity contribution in [3.8, 4) is 16.8 Å². The summed E-state index contributed by atoms with van der Waals surface area (Å²) in [4.78, 5) is 0. The number of rotatable bonds is 3. The maximum absolute atomic E-state index is 3.27. The first-order valence-electron chi connectivity index (χ1n) is 14.9. The highest BCUT2D eigenvalue weighted by Gasteiger charge is 2.17. The summed E-state index contributed by atoms with van der Waals surface area (Å²) in [5.41, 5.74) is 8.65. The number of allylic oxidation sites excluding steroid dienone is 2. The highest BCUT2D eigenvalue weighted by Crippen LogP contribution is 2.40. The number of hydrogen-bond acceptors (Lipinski definition) is 1. The van der Waals surface area contributed by atoms with Crippen LogP contribution in [0.5, 0.6) is 0 Å². The molecular formula is C41H28N2. The maximum atomic E-state index is 3.27. The molecule has 0 radical (unpaired) electrons. The predicted octanol–water partition coefficient (Wildman–Crippen LogP) is 10.4. The van der Waals surface area contributed by atoms with Crippen molar-refractivity contribution in [3.05, 3.63) is 157 Å². The molecule has 0 atom stereocenters. The maximum Gasteiger partial charge on any atom is 0.0619 e. The van der Waals surface area contributed by atoms with Gasteiger partial charge in [0.1, 0.15) is 0 Å². The molecular weight excluding hydrogens is 520 g/mol. The number of fused-ring (bicyclic) bond motifs is 8. The SMILES string of the molecule is C1=CC(c2ccc3c4ccc5cc(-c6cc7ccccc7c7ccccc67)ccc5c4n(-c4ccccc4)c3c2)=CCN1. The molecule has 8 aromatic rings. The lowest BCUT2D eigenvalue weighted by atomic mass is 9.92. The first-order chi connectivity index (χ1) is 21.3. The molecule has 1 aliphatic rings. The van der Waals surface area contributed by atoms with Crippen molar-refractivity contribution in [1.29, 1.82) is 0 Å². The van der Waals surface area contributed by atoms with E-state index in [-0.39, 0.29) is 0 Å². The summed E-state index contributed by atoms with van der Waals surface area (Å²) in [5.74, 6) is 0. The molecule has 43 heavy (non-hydrogen) atoms. The summed E-state index contributed by atoms with van der Waals surface area (Å²) in [6, 6.07) is 49.1. The van der Waals surface area contributed by atoms with Crippen LogP contribution in [0, 0.1) is 0 Å². The third-order valence-corrected chi connectivity index (χ3v) is 8.99. The summed E-state index contributed by atoms with van der Waals surface area (Å²) < 4.78 is 2.45. The zero-order valence-corrected chi connectivity index (χ0v) is 23.6. The highest BCUT2D eigenvalue weighted by atomic mass is 15.0. The second-order valence-electron chi connectivity index (χ2n) is 11.4. The van der Waals surface area contributed by atoms with Gasteiger partial charge in [0.05, 0.1) is 11.0 Å².